The number of ether oxygens (including phenoxy) is 1. The van der Waals surface area contributed by atoms with E-state index in [1.165, 1.54) is 6.07 Å². The third-order valence-corrected chi connectivity index (χ3v) is 3.27. The molecule has 5 nitrogen and oxygen atoms in total. The minimum Gasteiger partial charge on any atom is -1.00 e. The lowest BCUT2D eigenvalue weighted by molar-refractivity contribution is -0.00000733. The van der Waals surface area contributed by atoms with Gasteiger partial charge < -0.3 is 32.0 Å². The van der Waals surface area contributed by atoms with Gasteiger partial charge in [0, 0.05) is 23.5 Å². The zero-order valence-electron chi connectivity index (χ0n) is 14.9. The fourth-order valence-corrected chi connectivity index (χ4v) is 2.06. The first-order chi connectivity index (χ1) is 10.3. The maximum absolute atomic E-state index is 11.4. The summed E-state index contributed by atoms with van der Waals surface area (Å²) in [5.41, 5.74) is 0.937. The van der Waals surface area contributed by atoms with Crippen LogP contribution in [-0.4, -0.2) is 29.9 Å². The van der Waals surface area contributed by atoms with Crippen LogP contribution < -0.4 is 28.1 Å². The van der Waals surface area contributed by atoms with Gasteiger partial charge in [-0.2, -0.15) is 0 Å². The molecule has 0 fully saturated rings. The second-order valence-corrected chi connectivity index (χ2v) is 6.47. The van der Waals surface area contributed by atoms with Crippen molar-refractivity contribution in [1.29, 1.82) is 0 Å². The Hall–Kier alpha value is -1.56. The van der Waals surface area contributed by atoms with Gasteiger partial charge in [0.15, 0.2) is 11.3 Å². The number of aryl methyl sites for hydroxylation is 1. The molecule has 1 heterocycles. The highest BCUT2D eigenvalue weighted by Crippen LogP contribution is 2.27. The molecule has 1 aromatic heterocycles. The summed E-state index contributed by atoms with van der Waals surface area (Å²) in [6.07, 6.45) is -0.647. The van der Waals surface area contributed by atoms with Crippen LogP contribution >= 0.6 is 0 Å². The summed E-state index contributed by atoms with van der Waals surface area (Å²) in [5, 5.41) is 14.0. The van der Waals surface area contributed by atoms with Crippen molar-refractivity contribution in [3.63, 3.8) is 0 Å². The van der Waals surface area contributed by atoms with Gasteiger partial charge in [-0.05, 0) is 45.4 Å². The number of halogens is 1. The van der Waals surface area contributed by atoms with Crippen LogP contribution in [0.1, 0.15) is 27.8 Å². The van der Waals surface area contributed by atoms with Crippen molar-refractivity contribution < 1.29 is 28.1 Å². The number of hydrogen-bond acceptors (Lipinski definition) is 5. The topological polar surface area (TPSA) is 71.7 Å². The third-order valence-electron chi connectivity index (χ3n) is 3.27. The largest absolute Gasteiger partial charge is 1.00 e. The van der Waals surface area contributed by atoms with E-state index < -0.39 is 11.7 Å². The normalized spacial score (nSPS) is 12.7. The van der Waals surface area contributed by atoms with Crippen molar-refractivity contribution in [2.45, 2.75) is 39.3 Å². The third kappa shape index (κ3) is 5.53. The number of hydrogen-bond donors (Lipinski definition) is 2. The molecule has 0 saturated carbocycles. The Bertz CT molecular complexity index is 712. The Morgan fingerprint density at radius 3 is 2.65 bits per heavy atom. The van der Waals surface area contributed by atoms with Crippen molar-refractivity contribution in [3.05, 3.63) is 40.2 Å². The smallest absolute Gasteiger partial charge is 1.00 e. The van der Waals surface area contributed by atoms with Gasteiger partial charge in [0.25, 0.3) is 0 Å². The number of aliphatic hydroxyl groups excluding tert-OH is 1. The Labute approximate surface area is 143 Å². The molecule has 2 N–H and O–H groups in total. The van der Waals surface area contributed by atoms with Crippen molar-refractivity contribution in [1.82, 2.24) is 5.32 Å². The molecule has 1 unspecified atom stereocenters. The van der Waals surface area contributed by atoms with Crippen LogP contribution in [0.2, 0.25) is 0 Å². The summed E-state index contributed by atoms with van der Waals surface area (Å²) in [6, 6.07) is 6.77. The highest BCUT2D eigenvalue weighted by molar-refractivity contribution is 5.85. The molecule has 23 heavy (non-hydrogen) atoms. The van der Waals surface area contributed by atoms with Crippen molar-refractivity contribution >= 4 is 11.0 Å². The quantitative estimate of drug-likeness (QED) is 0.707. The van der Waals surface area contributed by atoms with Gasteiger partial charge in [-0.15, -0.1) is 0 Å². The van der Waals surface area contributed by atoms with Gasteiger partial charge in [0.05, 0.1) is 0 Å². The van der Waals surface area contributed by atoms with Gasteiger partial charge in [0.1, 0.15) is 12.7 Å². The zero-order valence-corrected chi connectivity index (χ0v) is 14.6. The molecular weight excluding hydrogens is 318 g/mol. The van der Waals surface area contributed by atoms with Crippen LogP contribution in [0.4, 0.5) is 0 Å². The first-order valence-corrected chi connectivity index (χ1v) is 7.35. The minimum absolute atomic E-state index is 0. The van der Waals surface area contributed by atoms with Crippen LogP contribution in [0.3, 0.4) is 0 Å². The predicted molar refractivity (Wildman–Crippen MR) is 87.6 cm³/mol. The maximum atomic E-state index is 11.4. The Morgan fingerprint density at radius 2 is 2.00 bits per heavy atom. The van der Waals surface area contributed by atoms with Crippen LogP contribution in [0.15, 0.2) is 33.5 Å². The summed E-state index contributed by atoms with van der Waals surface area (Å²) < 4.78 is 10.9. The van der Waals surface area contributed by atoms with E-state index in [2.05, 4.69) is 5.32 Å². The van der Waals surface area contributed by atoms with E-state index in [9.17, 15) is 9.90 Å². The molecule has 1 aromatic carbocycles. The summed E-state index contributed by atoms with van der Waals surface area (Å²) >= 11 is 0. The molecule has 0 amide bonds. The minimum atomic E-state index is -0.647. The van der Waals surface area contributed by atoms with Gasteiger partial charge in [-0.25, -0.2) is 4.79 Å². The Kier molecular flexibility index (Phi) is 6.62. The fourth-order valence-electron chi connectivity index (χ4n) is 2.06. The molecule has 0 aliphatic carbocycles. The molecule has 0 aliphatic heterocycles. The second kappa shape index (κ2) is 7.81. The number of fused-ring (bicyclic) bond motifs is 1. The van der Waals surface area contributed by atoms with E-state index in [0.717, 1.165) is 10.9 Å². The molecule has 0 bridgehead atoms. The number of rotatable bonds is 5. The summed E-state index contributed by atoms with van der Waals surface area (Å²) in [5.74, 6) is 0.466. The highest BCUT2D eigenvalue weighted by atomic mass is 35.5. The molecule has 0 spiro atoms. The van der Waals surface area contributed by atoms with Crippen LogP contribution in [0, 0.1) is 6.92 Å². The van der Waals surface area contributed by atoms with E-state index in [1.54, 1.807) is 12.1 Å². The van der Waals surface area contributed by atoms with Gasteiger partial charge in [-0.3, -0.25) is 0 Å². The van der Waals surface area contributed by atoms with E-state index in [4.69, 9.17) is 9.15 Å². The number of nitrogens with one attached hydrogen (secondary N) is 1. The average molecular weight is 342 g/mol. The van der Waals surface area contributed by atoms with Crippen LogP contribution in [-0.2, 0) is 0 Å². The van der Waals surface area contributed by atoms with E-state index in [-0.39, 0.29) is 26.0 Å². The molecule has 0 radical (unpaired) electrons. The molecule has 2 rings (SSSR count). The lowest BCUT2D eigenvalue weighted by Gasteiger charge is -2.23. The monoisotopic (exact) mass is 341 g/mol. The van der Waals surface area contributed by atoms with Gasteiger partial charge >= 0.3 is 7.05 Å². The van der Waals surface area contributed by atoms with Crippen LogP contribution in [0.5, 0.6) is 5.75 Å². The Morgan fingerprint density at radius 1 is 1.30 bits per heavy atom. The standard InChI is InChI=1S/C17H23NO4.ClH/c1-11-5-7-14(16-13(11)6-8-15(20)22-16)21-10-12(19)9-18-17(2,3)4;/h5-8,12,18-19H,9-10H2,1-4H3;1H. The lowest BCUT2D eigenvalue weighted by Crippen LogP contribution is -3.00. The molecule has 1 atom stereocenters. The number of aliphatic hydroxyl groups is 1. The van der Waals surface area contributed by atoms with Crippen molar-refractivity contribution in [2.24, 2.45) is 0 Å². The van der Waals surface area contributed by atoms with Crippen molar-refractivity contribution in [3.8, 4) is 5.75 Å². The van der Waals surface area contributed by atoms with Crippen molar-refractivity contribution in [2.75, 3.05) is 13.2 Å². The van der Waals surface area contributed by atoms with Gasteiger partial charge in [0.2, 0.25) is 0 Å². The summed E-state index contributed by atoms with van der Waals surface area (Å²) in [6.45, 7) is 8.58. The van der Waals surface area contributed by atoms with E-state index in [1.807, 2.05) is 33.8 Å². The number of benzene rings is 1. The molecule has 6 heteroatoms. The van der Waals surface area contributed by atoms with E-state index >= 15 is 0 Å². The zero-order chi connectivity index (χ0) is 16.3. The first kappa shape index (κ1) is 19.5. The molecule has 128 valence electrons. The molecular formula is C17H24ClNO4. The SMILES string of the molecule is Cc1ccc(OCC(O)CNC(C)(C)C)c2oc(=O)ccc12.[Cl-].[H+]. The first-order valence-electron chi connectivity index (χ1n) is 7.35. The molecule has 0 aliphatic rings. The van der Waals surface area contributed by atoms with Gasteiger partial charge in [-0.1, -0.05) is 6.07 Å². The lowest BCUT2D eigenvalue weighted by atomic mass is 10.1. The predicted octanol–water partition coefficient (Wildman–Crippen LogP) is -0.654. The fraction of sp³-hybridized carbons (Fsp3) is 0.471. The Balaban J connectivity index is 0.00000264. The maximum Gasteiger partial charge on any atom is 1.00 e. The second-order valence-electron chi connectivity index (χ2n) is 6.47. The van der Waals surface area contributed by atoms with Crippen LogP contribution in [0.25, 0.3) is 11.0 Å². The molecule has 0 saturated heterocycles. The summed E-state index contributed by atoms with van der Waals surface area (Å²) in [4.78, 5) is 11.4. The number of β-amino-alcohol motifs (C(OH)–C–C–N with tert-alkyl or cyclic N) is 1. The summed E-state index contributed by atoms with van der Waals surface area (Å²) in [7, 11) is 0. The van der Waals surface area contributed by atoms with E-state index in [0.29, 0.717) is 17.9 Å². The highest BCUT2D eigenvalue weighted by Gasteiger charge is 2.14. The average Bonchev–Trinajstić information content (AvgIpc) is 2.43. The molecule has 2 aromatic rings.